The number of hydrogen-bond donors (Lipinski definition) is 1. The zero-order chi connectivity index (χ0) is 17.8. The highest BCUT2D eigenvalue weighted by Gasteiger charge is 2.33. The van der Waals surface area contributed by atoms with E-state index < -0.39 is 27.5 Å². The van der Waals surface area contributed by atoms with Gasteiger partial charge in [-0.15, -0.1) is 12.4 Å². The highest BCUT2D eigenvalue weighted by molar-refractivity contribution is 7.88. The van der Waals surface area contributed by atoms with Crippen molar-refractivity contribution in [2.24, 2.45) is 0 Å². The van der Waals surface area contributed by atoms with Crippen molar-refractivity contribution in [2.45, 2.75) is 44.2 Å². The lowest BCUT2D eigenvalue weighted by atomic mass is 10.1. The number of nitrogens with zero attached hydrogens (tertiary/aromatic N) is 1. The maximum Gasteiger partial charge on any atom is 0.416 e. The number of rotatable bonds is 6. The molecule has 1 aromatic carbocycles. The van der Waals surface area contributed by atoms with Crippen LogP contribution < -0.4 is 5.32 Å². The molecule has 1 fully saturated rings. The Hall–Kier alpha value is -0.830. The van der Waals surface area contributed by atoms with Crippen LogP contribution in [0.4, 0.5) is 13.2 Å². The number of piperidine rings is 1. The minimum Gasteiger partial charge on any atom is -0.317 e. The van der Waals surface area contributed by atoms with Gasteiger partial charge in [0.05, 0.1) is 11.3 Å². The van der Waals surface area contributed by atoms with Gasteiger partial charge in [0.15, 0.2) is 0 Å². The Kier molecular flexibility index (Phi) is 8.18. The van der Waals surface area contributed by atoms with E-state index in [0.717, 1.165) is 38.1 Å². The zero-order valence-corrected chi connectivity index (χ0v) is 15.7. The normalized spacial score (nSPS) is 16.7. The predicted octanol–water partition coefficient (Wildman–Crippen LogP) is 3.42. The summed E-state index contributed by atoms with van der Waals surface area (Å²) >= 11 is 0. The Labute approximate surface area is 153 Å². The largest absolute Gasteiger partial charge is 0.416 e. The quantitative estimate of drug-likeness (QED) is 0.796. The molecule has 0 atom stereocenters. The Morgan fingerprint density at radius 1 is 1.24 bits per heavy atom. The van der Waals surface area contributed by atoms with Crippen LogP contribution in [0.15, 0.2) is 24.3 Å². The molecule has 1 N–H and O–H groups in total. The summed E-state index contributed by atoms with van der Waals surface area (Å²) < 4.78 is 65.4. The average Bonchev–Trinajstić information content (AvgIpc) is 2.52. The molecule has 0 saturated carbocycles. The summed E-state index contributed by atoms with van der Waals surface area (Å²) in [6, 6.07) is 4.47. The van der Waals surface area contributed by atoms with Crippen molar-refractivity contribution >= 4 is 22.4 Å². The van der Waals surface area contributed by atoms with Gasteiger partial charge in [-0.1, -0.05) is 25.1 Å². The third kappa shape index (κ3) is 6.13. The molecule has 0 unspecified atom stereocenters. The van der Waals surface area contributed by atoms with E-state index in [1.807, 2.05) is 6.92 Å². The van der Waals surface area contributed by atoms with Crippen LogP contribution in [0.2, 0.25) is 0 Å². The van der Waals surface area contributed by atoms with Gasteiger partial charge in [0.2, 0.25) is 10.0 Å². The van der Waals surface area contributed by atoms with E-state index in [9.17, 15) is 21.6 Å². The van der Waals surface area contributed by atoms with Crippen LogP contribution in [0.1, 0.15) is 37.3 Å². The number of benzene rings is 1. The van der Waals surface area contributed by atoms with E-state index in [4.69, 9.17) is 0 Å². The van der Waals surface area contributed by atoms with Crippen LogP contribution in [0.3, 0.4) is 0 Å². The summed E-state index contributed by atoms with van der Waals surface area (Å²) in [4.78, 5) is 0. The van der Waals surface area contributed by atoms with Crippen molar-refractivity contribution in [1.29, 1.82) is 0 Å². The van der Waals surface area contributed by atoms with E-state index in [1.165, 1.54) is 16.4 Å². The zero-order valence-electron chi connectivity index (χ0n) is 14.1. The fraction of sp³-hybridized carbons (Fsp3) is 0.625. The van der Waals surface area contributed by atoms with Gasteiger partial charge in [-0.25, -0.2) is 8.42 Å². The number of halogens is 4. The van der Waals surface area contributed by atoms with E-state index >= 15 is 0 Å². The second kappa shape index (κ2) is 9.21. The van der Waals surface area contributed by atoms with E-state index in [0.29, 0.717) is 13.0 Å². The molecule has 1 aromatic rings. The lowest BCUT2D eigenvalue weighted by Crippen LogP contribution is -2.46. The third-order valence-corrected chi connectivity index (χ3v) is 6.01. The molecule has 25 heavy (non-hydrogen) atoms. The molecule has 4 nitrogen and oxygen atoms in total. The van der Waals surface area contributed by atoms with Crippen LogP contribution >= 0.6 is 12.4 Å². The Morgan fingerprint density at radius 3 is 2.44 bits per heavy atom. The molecule has 0 aromatic heterocycles. The Morgan fingerprint density at radius 2 is 1.88 bits per heavy atom. The van der Waals surface area contributed by atoms with Crippen LogP contribution in [0.25, 0.3) is 0 Å². The topological polar surface area (TPSA) is 49.4 Å². The summed E-state index contributed by atoms with van der Waals surface area (Å²) in [7, 11) is -3.66. The second-order valence-corrected chi connectivity index (χ2v) is 7.97. The van der Waals surface area contributed by atoms with Crippen LogP contribution in [-0.2, 0) is 22.0 Å². The molecule has 0 radical (unpaired) electrons. The molecule has 1 heterocycles. The number of nitrogens with one attached hydrogen (secondary N) is 1. The molecule has 2 rings (SSSR count). The van der Waals surface area contributed by atoms with Gasteiger partial charge in [-0.05, 0) is 44.0 Å². The number of alkyl halides is 3. The van der Waals surface area contributed by atoms with Gasteiger partial charge >= 0.3 is 6.18 Å². The van der Waals surface area contributed by atoms with Gasteiger partial charge in [0.25, 0.3) is 0 Å². The molecule has 1 aliphatic rings. The second-order valence-electron chi connectivity index (χ2n) is 6.05. The monoisotopic (exact) mass is 400 g/mol. The van der Waals surface area contributed by atoms with Crippen LogP contribution in [0.5, 0.6) is 0 Å². The van der Waals surface area contributed by atoms with Gasteiger partial charge in [0, 0.05) is 12.6 Å². The first-order valence-electron chi connectivity index (χ1n) is 8.10. The molecule has 0 amide bonds. The van der Waals surface area contributed by atoms with Crippen molar-refractivity contribution in [3.05, 3.63) is 35.4 Å². The SMILES string of the molecule is CCCN(C1CCNCC1)S(=O)(=O)Cc1cccc(C(F)(F)F)c1.Cl. The number of hydrogen-bond acceptors (Lipinski definition) is 3. The van der Waals surface area contributed by atoms with Gasteiger partial charge in [0.1, 0.15) is 0 Å². The fourth-order valence-corrected chi connectivity index (χ4v) is 4.89. The van der Waals surface area contributed by atoms with Crippen molar-refractivity contribution in [3.8, 4) is 0 Å². The minimum atomic E-state index is -4.47. The maximum atomic E-state index is 12.8. The molecule has 9 heteroatoms. The first kappa shape index (κ1) is 22.2. The summed E-state index contributed by atoms with van der Waals surface area (Å²) in [5.74, 6) is -0.402. The minimum absolute atomic E-state index is 0. The first-order valence-corrected chi connectivity index (χ1v) is 9.71. The van der Waals surface area contributed by atoms with Crippen LogP contribution in [-0.4, -0.2) is 38.4 Å². The maximum absolute atomic E-state index is 12.8. The molecule has 1 saturated heterocycles. The summed E-state index contributed by atoms with van der Waals surface area (Å²) in [5, 5.41) is 3.19. The molecular formula is C16H24ClF3N2O2S. The number of sulfonamides is 1. The smallest absolute Gasteiger partial charge is 0.317 e. The van der Waals surface area contributed by atoms with E-state index in [1.54, 1.807) is 0 Å². The fourth-order valence-electron chi connectivity index (χ4n) is 2.99. The summed E-state index contributed by atoms with van der Waals surface area (Å²) in [6.45, 7) is 3.80. The first-order chi connectivity index (χ1) is 11.2. The van der Waals surface area contributed by atoms with Crippen molar-refractivity contribution in [3.63, 3.8) is 0 Å². The standard InChI is InChI=1S/C16H23F3N2O2S.ClH/c1-2-10-21(15-6-8-20-9-7-15)24(22,23)12-13-4-3-5-14(11-13)16(17,18)19;/h3-5,11,15,20H,2,6-10,12H2,1H3;1H. The molecule has 0 bridgehead atoms. The average molecular weight is 401 g/mol. The molecular weight excluding hydrogens is 377 g/mol. The van der Waals surface area contributed by atoms with Crippen LogP contribution in [0, 0.1) is 0 Å². The molecule has 0 aliphatic carbocycles. The molecule has 1 aliphatic heterocycles. The van der Waals surface area contributed by atoms with Gasteiger partial charge < -0.3 is 5.32 Å². The van der Waals surface area contributed by atoms with Crippen molar-refractivity contribution < 1.29 is 21.6 Å². The Bertz CT molecular complexity index is 647. The van der Waals surface area contributed by atoms with Crippen molar-refractivity contribution in [1.82, 2.24) is 9.62 Å². The highest BCUT2D eigenvalue weighted by atomic mass is 35.5. The highest BCUT2D eigenvalue weighted by Crippen LogP contribution is 2.30. The molecule has 144 valence electrons. The van der Waals surface area contributed by atoms with E-state index in [2.05, 4.69) is 5.32 Å². The Balaban J connectivity index is 0.00000312. The molecule has 0 spiro atoms. The third-order valence-electron chi connectivity index (χ3n) is 4.12. The predicted molar refractivity (Wildman–Crippen MR) is 94.2 cm³/mol. The van der Waals surface area contributed by atoms with Crippen molar-refractivity contribution in [2.75, 3.05) is 19.6 Å². The summed E-state index contributed by atoms with van der Waals surface area (Å²) in [6.07, 6.45) is -2.35. The lowest BCUT2D eigenvalue weighted by molar-refractivity contribution is -0.137. The van der Waals surface area contributed by atoms with Gasteiger partial charge in [-0.2, -0.15) is 17.5 Å². The lowest BCUT2D eigenvalue weighted by Gasteiger charge is -2.33. The summed E-state index contributed by atoms with van der Waals surface area (Å²) in [5.41, 5.74) is -0.654. The van der Waals surface area contributed by atoms with E-state index in [-0.39, 0.29) is 24.0 Å². The van der Waals surface area contributed by atoms with Gasteiger partial charge in [-0.3, -0.25) is 0 Å².